The molecule has 0 saturated heterocycles. The first-order chi connectivity index (χ1) is 12.6. The van der Waals surface area contributed by atoms with Crippen molar-refractivity contribution in [3.63, 3.8) is 0 Å². The number of methoxy groups -OCH3 is 1. The maximum Gasteiger partial charge on any atom is 0.266 e. The minimum atomic E-state index is -0.513. The van der Waals surface area contributed by atoms with Gasteiger partial charge in [0.25, 0.3) is 5.91 Å². The molecule has 0 heterocycles. The summed E-state index contributed by atoms with van der Waals surface area (Å²) in [7, 11) is 1.48. The van der Waals surface area contributed by atoms with Gasteiger partial charge in [-0.25, -0.2) is 0 Å². The lowest BCUT2D eigenvalue weighted by Crippen LogP contribution is -2.13. The monoisotopic (exact) mass is 368 g/mol. The van der Waals surface area contributed by atoms with E-state index in [2.05, 4.69) is 11.9 Å². The molecule has 0 bridgehead atoms. The van der Waals surface area contributed by atoms with E-state index >= 15 is 0 Å². The van der Waals surface area contributed by atoms with Crippen LogP contribution in [-0.4, -0.2) is 19.6 Å². The molecule has 0 saturated carbocycles. The summed E-state index contributed by atoms with van der Waals surface area (Å²) in [6, 6.07) is 14.0. The quantitative estimate of drug-likeness (QED) is 0.445. The fourth-order valence-corrected chi connectivity index (χ4v) is 2.41. The van der Waals surface area contributed by atoms with E-state index < -0.39 is 5.91 Å². The number of para-hydroxylation sites is 1. The van der Waals surface area contributed by atoms with Crippen LogP contribution in [0.4, 0.5) is 5.69 Å². The molecule has 132 valence electrons. The van der Waals surface area contributed by atoms with E-state index in [1.54, 1.807) is 42.5 Å². The highest BCUT2D eigenvalue weighted by Crippen LogP contribution is 2.37. The molecule has 2 aromatic rings. The maximum absolute atomic E-state index is 12.3. The van der Waals surface area contributed by atoms with E-state index in [0.29, 0.717) is 27.8 Å². The first kappa shape index (κ1) is 19.1. The molecule has 0 unspecified atom stereocenters. The molecule has 0 spiro atoms. The second kappa shape index (κ2) is 9.30. The summed E-state index contributed by atoms with van der Waals surface area (Å²) in [6.07, 6.45) is 3.02. The topological polar surface area (TPSA) is 71.3 Å². The Kier molecular flexibility index (Phi) is 6.84. The Hall–Kier alpha value is -3.23. The van der Waals surface area contributed by atoms with Gasteiger partial charge in [0.1, 0.15) is 18.2 Å². The highest BCUT2D eigenvalue weighted by molar-refractivity contribution is 6.32. The zero-order valence-electron chi connectivity index (χ0n) is 14.2. The maximum atomic E-state index is 12.3. The summed E-state index contributed by atoms with van der Waals surface area (Å²) in [4.78, 5) is 12.3. The largest absolute Gasteiger partial charge is 0.493 e. The molecule has 26 heavy (non-hydrogen) atoms. The molecule has 5 nitrogen and oxygen atoms in total. The van der Waals surface area contributed by atoms with Crippen LogP contribution in [0.1, 0.15) is 5.56 Å². The van der Waals surface area contributed by atoms with Gasteiger partial charge in [0.2, 0.25) is 0 Å². The number of carbonyl (C=O) groups excluding carboxylic acids is 1. The van der Waals surface area contributed by atoms with E-state index in [9.17, 15) is 10.1 Å². The number of anilines is 1. The second-order valence-corrected chi connectivity index (χ2v) is 5.53. The smallest absolute Gasteiger partial charge is 0.266 e. The highest BCUT2D eigenvalue weighted by atomic mass is 35.5. The van der Waals surface area contributed by atoms with Gasteiger partial charge >= 0.3 is 0 Å². The highest BCUT2D eigenvalue weighted by Gasteiger charge is 2.14. The zero-order valence-corrected chi connectivity index (χ0v) is 14.9. The molecular weight excluding hydrogens is 352 g/mol. The minimum Gasteiger partial charge on any atom is -0.493 e. The number of nitrogens with zero attached hydrogens (tertiary/aromatic N) is 1. The number of amides is 1. The van der Waals surface area contributed by atoms with Crippen molar-refractivity contribution in [1.29, 1.82) is 5.26 Å². The standard InChI is InChI=1S/C20H17ClN2O3/c1-3-9-26-19-17(21)11-14(12-18(19)25-2)10-15(13-22)20(24)23-16-7-5-4-6-8-16/h3-8,10-12H,1,9H2,2H3,(H,23,24)/b15-10-. The summed E-state index contributed by atoms with van der Waals surface area (Å²) in [5.74, 6) is 0.255. The Bertz CT molecular complexity index is 871. The lowest BCUT2D eigenvalue weighted by atomic mass is 10.1. The van der Waals surface area contributed by atoms with Crippen LogP contribution in [0.25, 0.3) is 6.08 Å². The summed E-state index contributed by atoms with van der Waals surface area (Å²) in [5, 5.41) is 12.3. The number of carbonyl (C=O) groups is 1. The van der Waals surface area contributed by atoms with Crippen LogP contribution < -0.4 is 14.8 Å². The summed E-state index contributed by atoms with van der Waals surface area (Å²) in [6.45, 7) is 3.86. The van der Waals surface area contributed by atoms with Crippen molar-refractivity contribution in [3.8, 4) is 17.6 Å². The third-order valence-electron chi connectivity index (χ3n) is 3.31. The fourth-order valence-electron chi connectivity index (χ4n) is 2.14. The van der Waals surface area contributed by atoms with Gasteiger partial charge in [-0.15, -0.1) is 0 Å². The van der Waals surface area contributed by atoms with Gasteiger partial charge in [-0.2, -0.15) is 5.26 Å². The van der Waals surface area contributed by atoms with Gasteiger partial charge in [0, 0.05) is 5.69 Å². The van der Waals surface area contributed by atoms with Gasteiger partial charge in [0.05, 0.1) is 12.1 Å². The predicted molar refractivity (Wildman–Crippen MR) is 102 cm³/mol. The third kappa shape index (κ3) is 4.88. The number of nitrogens with one attached hydrogen (secondary N) is 1. The number of benzene rings is 2. The van der Waals surface area contributed by atoms with Crippen molar-refractivity contribution in [2.45, 2.75) is 0 Å². The minimum absolute atomic E-state index is 0.0632. The van der Waals surface area contributed by atoms with Gasteiger partial charge in [0.15, 0.2) is 11.5 Å². The molecule has 2 rings (SSSR count). The molecule has 0 aliphatic rings. The first-order valence-electron chi connectivity index (χ1n) is 7.68. The van der Waals surface area contributed by atoms with E-state index in [1.165, 1.54) is 13.2 Å². The molecule has 0 radical (unpaired) electrons. The molecule has 1 amide bonds. The van der Waals surface area contributed by atoms with Crippen LogP contribution in [0.2, 0.25) is 5.02 Å². The molecular formula is C20H17ClN2O3. The third-order valence-corrected chi connectivity index (χ3v) is 3.59. The average molecular weight is 369 g/mol. The Morgan fingerprint density at radius 1 is 1.35 bits per heavy atom. The van der Waals surface area contributed by atoms with E-state index in [0.717, 1.165) is 0 Å². The Morgan fingerprint density at radius 2 is 2.08 bits per heavy atom. The van der Waals surface area contributed by atoms with Crippen LogP contribution in [0.15, 0.2) is 60.7 Å². The Balaban J connectivity index is 2.30. The van der Waals surface area contributed by atoms with Gasteiger partial charge in [-0.05, 0) is 35.9 Å². The van der Waals surface area contributed by atoms with E-state index in [-0.39, 0.29) is 12.2 Å². The van der Waals surface area contributed by atoms with Crippen molar-refractivity contribution in [2.24, 2.45) is 0 Å². The molecule has 0 aliphatic carbocycles. The van der Waals surface area contributed by atoms with Gasteiger partial charge in [-0.3, -0.25) is 4.79 Å². The number of halogens is 1. The summed E-state index contributed by atoms with van der Waals surface area (Å²) >= 11 is 6.23. The molecule has 2 aromatic carbocycles. The molecule has 6 heteroatoms. The Labute approximate surface area is 157 Å². The summed E-state index contributed by atoms with van der Waals surface area (Å²) in [5.41, 5.74) is 1.08. The predicted octanol–water partition coefficient (Wildman–Crippen LogP) is 4.46. The first-order valence-corrected chi connectivity index (χ1v) is 8.06. The van der Waals surface area contributed by atoms with Crippen LogP contribution in [0, 0.1) is 11.3 Å². The van der Waals surface area contributed by atoms with Crippen LogP contribution in [-0.2, 0) is 4.79 Å². The van der Waals surface area contributed by atoms with Crippen molar-refractivity contribution in [1.82, 2.24) is 0 Å². The van der Waals surface area contributed by atoms with Crippen LogP contribution >= 0.6 is 11.6 Å². The number of rotatable bonds is 7. The van der Waals surface area contributed by atoms with Crippen molar-refractivity contribution in [2.75, 3.05) is 19.0 Å². The van der Waals surface area contributed by atoms with E-state index in [4.69, 9.17) is 21.1 Å². The second-order valence-electron chi connectivity index (χ2n) is 5.12. The molecule has 0 atom stereocenters. The normalized spacial score (nSPS) is 10.6. The number of ether oxygens (including phenoxy) is 2. The van der Waals surface area contributed by atoms with Gasteiger partial charge in [-0.1, -0.05) is 42.5 Å². The lowest BCUT2D eigenvalue weighted by molar-refractivity contribution is -0.112. The Morgan fingerprint density at radius 3 is 2.69 bits per heavy atom. The molecule has 0 fully saturated rings. The van der Waals surface area contributed by atoms with Crippen LogP contribution in [0.5, 0.6) is 11.5 Å². The zero-order chi connectivity index (χ0) is 18.9. The molecule has 0 aliphatic heterocycles. The average Bonchev–Trinajstić information content (AvgIpc) is 2.65. The fraction of sp³-hybridized carbons (Fsp3) is 0.100. The molecule has 1 N–H and O–H groups in total. The number of hydrogen-bond acceptors (Lipinski definition) is 4. The number of hydrogen-bond donors (Lipinski definition) is 1. The van der Waals surface area contributed by atoms with Crippen molar-refractivity contribution >= 4 is 29.3 Å². The molecule has 0 aromatic heterocycles. The lowest BCUT2D eigenvalue weighted by Gasteiger charge is -2.12. The van der Waals surface area contributed by atoms with Crippen molar-refractivity contribution < 1.29 is 14.3 Å². The summed E-state index contributed by atoms with van der Waals surface area (Å²) < 4.78 is 10.8. The van der Waals surface area contributed by atoms with E-state index in [1.807, 2.05) is 12.1 Å². The SMILES string of the molecule is C=CCOc1c(Cl)cc(/C=C(/C#N)C(=O)Nc2ccccc2)cc1OC. The van der Waals surface area contributed by atoms with Crippen molar-refractivity contribution in [3.05, 3.63) is 71.3 Å². The van der Waals surface area contributed by atoms with Crippen LogP contribution in [0.3, 0.4) is 0 Å². The number of nitriles is 1. The van der Waals surface area contributed by atoms with Gasteiger partial charge < -0.3 is 14.8 Å².